The third-order valence-corrected chi connectivity index (χ3v) is 5.70. The molecule has 0 aromatic heterocycles. The predicted octanol–water partition coefficient (Wildman–Crippen LogP) is 2.10. The first kappa shape index (κ1) is 15.4. The van der Waals surface area contributed by atoms with Gasteiger partial charge in [-0.15, -0.1) is 11.8 Å². The summed E-state index contributed by atoms with van der Waals surface area (Å²) in [5, 5.41) is 10.6. The topological polar surface area (TPSA) is 74.7 Å². The maximum absolute atomic E-state index is 12.1. The van der Waals surface area contributed by atoms with Crippen LogP contribution in [0, 0.1) is 0 Å². The number of carboxylic acids is 1. The second kappa shape index (κ2) is 6.17. The number of hydrogen-bond donors (Lipinski definition) is 1. The maximum Gasteiger partial charge on any atom is 0.322 e. The summed E-state index contributed by atoms with van der Waals surface area (Å²) in [6.07, 6.45) is 1.42. The van der Waals surface area contributed by atoms with E-state index in [4.69, 9.17) is 16.7 Å². The number of carboxylic acid groups (broad SMARTS) is 1. The number of halogens is 1. The third-order valence-electron chi connectivity index (χ3n) is 2.76. The van der Waals surface area contributed by atoms with Crippen LogP contribution >= 0.6 is 23.4 Å². The van der Waals surface area contributed by atoms with Crippen LogP contribution in [0.2, 0.25) is 5.02 Å². The number of carbonyl (C=O) groups is 1. The number of hydrogen-bond acceptors (Lipinski definition) is 4. The SMILES string of the molecule is O=C(O)[C@@H]1CSCN1S(=O)(=O)/C=C/c1ccc(Cl)cc1. The third kappa shape index (κ3) is 3.54. The zero-order chi connectivity index (χ0) is 14.8. The molecule has 0 aliphatic carbocycles. The quantitative estimate of drug-likeness (QED) is 0.913. The molecule has 5 nitrogen and oxygen atoms in total. The van der Waals surface area contributed by atoms with Crippen LogP contribution in [-0.4, -0.2) is 41.5 Å². The molecule has 1 fully saturated rings. The van der Waals surface area contributed by atoms with Crippen molar-refractivity contribution in [1.29, 1.82) is 0 Å². The van der Waals surface area contributed by atoms with E-state index < -0.39 is 22.0 Å². The lowest BCUT2D eigenvalue weighted by molar-refractivity contribution is -0.140. The average molecular weight is 334 g/mol. The van der Waals surface area contributed by atoms with Gasteiger partial charge in [0.15, 0.2) is 0 Å². The molecule has 1 heterocycles. The number of rotatable bonds is 4. The second-order valence-electron chi connectivity index (χ2n) is 4.14. The van der Waals surface area contributed by atoms with Crippen molar-refractivity contribution in [2.24, 2.45) is 0 Å². The first-order valence-electron chi connectivity index (χ1n) is 5.66. The predicted molar refractivity (Wildman–Crippen MR) is 80.0 cm³/mol. The minimum absolute atomic E-state index is 0.157. The van der Waals surface area contributed by atoms with Crippen LogP contribution in [0.3, 0.4) is 0 Å². The molecule has 2 rings (SSSR count). The van der Waals surface area contributed by atoms with Gasteiger partial charge < -0.3 is 5.11 Å². The van der Waals surface area contributed by atoms with Gasteiger partial charge in [0.2, 0.25) is 10.0 Å². The molecular weight excluding hydrogens is 322 g/mol. The lowest BCUT2D eigenvalue weighted by Crippen LogP contribution is -2.40. The highest BCUT2D eigenvalue weighted by Gasteiger charge is 2.37. The fourth-order valence-electron chi connectivity index (χ4n) is 1.69. The minimum Gasteiger partial charge on any atom is -0.480 e. The number of benzene rings is 1. The normalized spacial score (nSPS) is 20.6. The monoisotopic (exact) mass is 333 g/mol. The van der Waals surface area contributed by atoms with Crippen molar-refractivity contribution in [3.05, 3.63) is 40.3 Å². The molecule has 1 aliphatic rings. The number of sulfonamides is 1. The van der Waals surface area contributed by atoms with Crippen molar-refractivity contribution >= 4 is 45.4 Å². The van der Waals surface area contributed by atoms with Crippen molar-refractivity contribution in [1.82, 2.24) is 4.31 Å². The molecule has 0 spiro atoms. The number of nitrogens with zero attached hydrogens (tertiary/aromatic N) is 1. The summed E-state index contributed by atoms with van der Waals surface area (Å²) in [7, 11) is -3.74. The Morgan fingerprint density at radius 3 is 2.65 bits per heavy atom. The molecule has 0 bridgehead atoms. The van der Waals surface area contributed by atoms with Gasteiger partial charge in [-0.1, -0.05) is 23.7 Å². The molecule has 1 saturated heterocycles. The molecule has 8 heteroatoms. The van der Waals surface area contributed by atoms with Crippen molar-refractivity contribution in [3.8, 4) is 0 Å². The molecule has 1 aliphatic heterocycles. The Morgan fingerprint density at radius 1 is 1.40 bits per heavy atom. The van der Waals surface area contributed by atoms with Gasteiger partial charge >= 0.3 is 5.97 Å². The van der Waals surface area contributed by atoms with Crippen LogP contribution in [-0.2, 0) is 14.8 Å². The molecular formula is C12H12ClNO4S2. The highest BCUT2D eigenvalue weighted by molar-refractivity contribution is 8.01. The molecule has 1 atom stereocenters. The van der Waals surface area contributed by atoms with Gasteiger partial charge in [-0.2, -0.15) is 4.31 Å². The zero-order valence-corrected chi connectivity index (χ0v) is 12.7. The van der Waals surface area contributed by atoms with Crippen LogP contribution in [0.25, 0.3) is 6.08 Å². The molecule has 1 N–H and O–H groups in total. The lowest BCUT2D eigenvalue weighted by Gasteiger charge is -2.17. The van der Waals surface area contributed by atoms with E-state index in [1.54, 1.807) is 24.3 Å². The van der Waals surface area contributed by atoms with Crippen molar-refractivity contribution in [3.63, 3.8) is 0 Å². The van der Waals surface area contributed by atoms with E-state index in [9.17, 15) is 13.2 Å². The van der Waals surface area contributed by atoms with Crippen LogP contribution in [0.4, 0.5) is 0 Å². The van der Waals surface area contributed by atoms with Gasteiger partial charge in [0.05, 0.1) is 5.88 Å². The summed E-state index contributed by atoms with van der Waals surface area (Å²) >= 11 is 7.02. The summed E-state index contributed by atoms with van der Waals surface area (Å²) < 4.78 is 25.2. The largest absolute Gasteiger partial charge is 0.480 e. The minimum atomic E-state index is -3.74. The summed E-state index contributed by atoms with van der Waals surface area (Å²) in [5.41, 5.74) is 0.678. The molecule has 20 heavy (non-hydrogen) atoms. The van der Waals surface area contributed by atoms with E-state index in [-0.39, 0.29) is 11.6 Å². The highest BCUT2D eigenvalue weighted by atomic mass is 35.5. The van der Waals surface area contributed by atoms with Crippen LogP contribution in [0.5, 0.6) is 0 Å². The Balaban J connectivity index is 2.18. The van der Waals surface area contributed by atoms with Crippen molar-refractivity contribution in [2.45, 2.75) is 6.04 Å². The van der Waals surface area contributed by atoms with Crippen LogP contribution in [0.15, 0.2) is 29.7 Å². The van der Waals surface area contributed by atoms with Gasteiger partial charge in [-0.25, -0.2) is 8.42 Å². The van der Waals surface area contributed by atoms with E-state index in [2.05, 4.69) is 0 Å². The van der Waals surface area contributed by atoms with E-state index in [1.807, 2.05) is 0 Å². The van der Waals surface area contributed by atoms with Crippen LogP contribution in [0.1, 0.15) is 5.56 Å². The number of thioether (sulfide) groups is 1. The van der Waals surface area contributed by atoms with Gasteiger partial charge in [-0.3, -0.25) is 4.79 Å². The molecule has 1 aromatic rings. The molecule has 0 saturated carbocycles. The van der Waals surface area contributed by atoms with Gasteiger partial charge in [0.25, 0.3) is 0 Å². The first-order chi connectivity index (χ1) is 9.40. The maximum atomic E-state index is 12.1. The van der Waals surface area contributed by atoms with Gasteiger partial charge in [0.1, 0.15) is 6.04 Å². The summed E-state index contributed by atoms with van der Waals surface area (Å²) in [4.78, 5) is 11.0. The zero-order valence-electron chi connectivity index (χ0n) is 10.3. The van der Waals surface area contributed by atoms with E-state index in [1.165, 1.54) is 17.8 Å². The van der Waals surface area contributed by atoms with Crippen molar-refractivity contribution < 1.29 is 18.3 Å². The Labute approximate surface area is 126 Å². The first-order valence-corrected chi connectivity index (χ1v) is 8.70. The van der Waals surface area contributed by atoms with E-state index >= 15 is 0 Å². The molecule has 1 aromatic carbocycles. The smallest absolute Gasteiger partial charge is 0.322 e. The number of aliphatic carboxylic acids is 1. The fraction of sp³-hybridized carbons (Fsp3) is 0.250. The molecule has 0 radical (unpaired) electrons. The fourth-order valence-corrected chi connectivity index (χ4v) is 4.74. The average Bonchev–Trinajstić information content (AvgIpc) is 2.88. The Kier molecular flexibility index (Phi) is 4.74. The summed E-state index contributed by atoms with van der Waals surface area (Å²) in [6, 6.07) is 5.67. The van der Waals surface area contributed by atoms with Crippen molar-refractivity contribution in [2.75, 3.05) is 11.6 Å². The Hall–Kier alpha value is -1.02. The van der Waals surface area contributed by atoms with E-state index in [0.29, 0.717) is 10.6 Å². The Bertz CT molecular complexity index is 627. The summed E-state index contributed by atoms with van der Waals surface area (Å²) in [5.74, 6) is -0.702. The summed E-state index contributed by atoms with van der Waals surface area (Å²) in [6.45, 7) is 0. The molecule has 0 amide bonds. The molecule has 108 valence electrons. The molecule has 0 unspecified atom stereocenters. The highest BCUT2D eigenvalue weighted by Crippen LogP contribution is 2.25. The van der Waals surface area contributed by atoms with E-state index in [0.717, 1.165) is 9.71 Å². The Morgan fingerprint density at radius 2 is 2.05 bits per heavy atom. The van der Waals surface area contributed by atoms with Crippen LogP contribution < -0.4 is 0 Å². The van der Waals surface area contributed by atoms with Gasteiger partial charge in [-0.05, 0) is 23.8 Å². The second-order valence-corrected chi connectivity index (χ2v) is 7.35. The standard InChI is InChI=1S/C12H12ClNO4S2/c13-10-3-1-9(2-4-10)5-6-20(17,18)14-8-19-7-11(14)12(15)16/h1-6,11H,7-8H2,(H,15,16)/b6-5+/t11-/m0/s1. The lowest BCUT2D eigenvalue weighted by atomic mass is 10.2. The van der Waals surface area contributed by atoms with Gasteiger partial charge in [0, 0.05) is 16.2 Å².